The molecule has 1 amide bonds. The number of methoxy groups -OCH3 is 1. The van der Waals surface area contributed by atoms with Crippen LogP contribution in [0.3, 0.4) is 0 Å². The van der Waals surface area contributed by atoms with Gasteiger partial charge in [-0.15, -0.1) is 0 Å². The molecule has 3 rings (SSSR count). The van der Waals surface area contributed by atoms with Gasteiger partial charge in [0.1, 0.15) is 13.2 Å². The number of piperidine rings is 1. The van der Waals surface area contributed by atoms with Crippen LogP contribution in [0.4, 0.5) is 0 Å². The second-order valence-corrected chi connectivity index (χ2v) is 5.70. The minimum Gasteiger partial charge on any atom is -0.493 e. The second kappa shape index (κ2) is 5.84. The number of hydrogen-bond donors (Lipinski definition) is 0. The quantitative estimate of drug-likeness (QED) is 0.839. The van der Waals surface area contributed by atoms with Crippen LogP contribution in [0.5, 0.6) is 17.2 Å². The molecule has 5 nitrogen and oxygen atoms in total. The highest BCUT2D eigenvalue weighted by molar-refractivity contribution is 5.95. The number of ether oxygens (including phenoxy) is 3. The molecule has 1 aromatic carbocycles. The van der Waals surface area contributed by atoms with Gasteiger partial charge in [-0.2, -0.15) is 0 Å². The van der Waals surface area contributed by atoms with Crippen molar-refractivity contribution < 1.29 is 19.0 Å². The Bertz CT molecular complexity index is 526. The molecule has 0 spiro atoms. The van der Waals surface area contributed by atoms with Crippen LogP contribution in [-0.2, 0) is 0 Å². The molecule has 1 saturated heterocycles. The van der Waals surface area contributed by atoms with Crippen LogP contribution in [0.25, 0.3) is 0 Å². The van der Waals surface area contributed by atoms with E-state index in [1.165, 1.54) is 6.42 Å². The molecule has 0 aromatic heterocycles. The molecule has 1 unspecified atom stereocenters. The van der Waals surface area contributed by atoms with Crippen molar-refractivity contribution in [1.29, 1.82) is 0 Å². The second-order valence-electron chi connectivity index (χ2n) is 5.70. The van der Waals surface area contributed by atoms with Gasteiger partial charge in [0.2, 0.25) is 5.75 Å². The zero-order chi connectivity index (χ0) is 14.8. The summed E-state index contributed by atoms with van der Waals surface area (Å²) in [5.41, 5.74) is 0.602. The topological polar surface area (TPSA) is 48.0 Å². The summed E-state index contributed by atoms with van der Waals surface area (Å²) in [5, 5.41) is 0. The number of amides is 1. The Hall–Kier alpha value is -1.91. The van der Waals surface area contributed by atoms with Crippen LogP contribution < -0.4 is 14.2 Å². The highest BCUT2D eigenvalue weighted by Gasteiger charge is 2.26. The van der Waals surface area contributed by atoms with Gasteiger partial charge in [0.05, 0.1) is 7.11 Å². The van der Waals surface area contributed by atoms with Crippen LogP contribution in [0.15, 0.2) is 12.1 Å². The van der Waals surface area contributed by atoms with Crippen molar-refractivity contribution in [3.05, 3.63) is 17.7 Å². The van der Waals surface area contributed by atoms with Crippen LogP contribution in [-0.4, -0.2) is 44.2 Å². The Balaban J connectivity index is 1.89. The van der Waals surface area contributed by atoms with E-state index in [9.17, 15) is 4.79 Å². The average Bonchev–Trinajstić information content (AvgIpc) is 2.53. The van der Waals surface area contributed by atoms with Gasteiger partial charge >= 0.3 is 0 Å². The molecule has 114 valence electrons. The van der Waals surface area contributed by atoms with Crippen molar-refractivity contribution in [3.8, 4) is 17.2 Å². The van der Waals surface area contributed by atoms with Crippen molar-refractivity contribution in [3.63, 3.8) is 0 Å². The molecule has 0 saturated carbocycles. The van der Waals surface area contributed by atoms with E-state index >= 15 is 0 Å². The summed E-state index contributed by atoms with van der Waals surface area (Å²) in [6.07, 6.45) is 2.25. The third-order valence-corrected chi connectivity index (χ3v) is 4.02. The molecule has 2 aliphatic heterocycles. The molecule has 1 atom stereocenters. The van der Waals surface area contributed by atoms with E-state index in [1.54, 1.807) is 19.2 Å². The summed E-state index contributed by atoms with van der Waals surface area (Å²) in [7, 11) is 1.57. The van der Waals surface area contributed by atoms with Crippen molar-refractivity contribution >= 4 is 5.91 Å². The largest absolute Gasteiger partial charge is 0.493 e. The number of benzene rings is 1. The van der Waals surface area contributed by atoms with Gasteiger partial charge in [0.25, 0.3) is 5.91 Å². The lowest BCUT2D eigenvalue weighted by Gasteiger charge is -2.31. The Kier molecular flexibility index (Phi) is 3.90. The summed E-state index contributed by atoms with van der Waals surface area (Å²) in [6, 6.07) is 3.51. The number of fused-ring (bicyclic) bond motifs is 1. The fraction of sp³-hybridized carbons (Fsp3) is 0.562. The third kappa shape index (κ3) is 2.77. The summed E-state index contributed by atoms with van der Waals surface area (Å²) in [4.78, 5) is 14.6. The van der Waals surface area contributed by atoms with Crippen LogP contribution in [0, 0.1) is 5.92 Å². The Morgan fingerprint density at radius 3 is 2.90 bits per heavy atom. The van der Waals surface area contributed by atoms with Crippen LogP contribution in [0.1, 0.15) is 30.1 Å². The lowest BCUT2D eigenvalue weighted by Crippen LogP contribution is -2.39. The fourth-order valence-electron chi connectivity index (χ4n) is 2.95. The van der Waals surface area contributed by atoms with E-state index in [0.29, 0.717) is 41.9 Å². The normalized spacial score (nSPS) is 21.0. The van der Waals surface area contributed by atoms with E-state index in [0.717, 1.165) is 19.5 Å². The smallest absolute Gasteiger partial charge is 0.254 e. The van der Waals surface area contributed by atoms with E-state index in [-0.39, 0.29) is 5.91 Å². The van der Waals surface area contributed by atoms with Gasteiger partial charge in [-0.3, -0.25) is 4.79 Å². The van der Waals surface area contributed by atoms with Crippen molar-refractivity contribution in [2.24, 2.45) is 5.92 Å². The molecular weight excluding hydrogens is 270 g/mol. The van der Waals surface area contributed by atoms with E-state index in [1.807, 2.05) is 4.90 Å². The first kappa shape index (κ1) is 14.0. The van der Waals surface area contributed by atoms with Gasteiger partial charge in [0, 0.05) is 18.7 Å². The predicted molar refractivity (Wildman–Crippen MR) is 78.3 cm³/mol. The zero-order valence-electron chi connectivity index (χ0n) is 12.6. The summed E-state index contributed by atoms with van der Waals surface area (Å²) in [5.74, 6) is 2.33. The molecule has 0 N–H and O–H groups in total. The van der Waals surface area contributed by atoms with Gasteiger partial charge in [-0.05, 0) is 30.9 Å². The first-order valence-electron chi connectivity index (χ1n) is 7.46. The minimum absolute atomic E-state index is 0.0387. The molecule has 5 heteroatoms. The molecule has 0 aliphatic carbocycles. The average molecular weight is 291 g/mol. The van der Waals surface area contributed by atoms with E-state index < -0.39 is 0 Å². The summed E-state index contributed by atoms with van der Waals surface area (Å²) < 4.78 is 16.5. The lowest BCUT2D eigenvalue weighted by atomic mass is 9.99. The van der Waals surface area contributed by atoms with Crippen LogP contribution in [0.2, 0.25) is 0 Å². The molecule has 1 fully saturated rings. The van der Waals surface area contributed by atoms with Gasteiger partial charge < -0.3 is 19.1 Å². The van der Waals surface area contributed by atoms with Gasteiger partial charge in [0.15, 0.2) is 11.5 Å². The standard InChI is InChI=1S/C16H21NO4/c1-11-4-3-5-17(10-11)16(18)12-8-13(19-2)15-14(9-12)20-6-7-21-15/h8-9,11H,3-7,10H2,1-2H3. The maximum Gasteiger partial charge on any atom is 0.254 e. The van der Waals surface area contributed by atoms with E-state index in [4.69, 9.17) is 14.2 Å². The summed E-state index contributed by atoms with van der Waals surface area (Å²) >= 11 is 0. The first-order valence-corrected chi connectivity index (χ1v) is 7.46. The molecular formula is C16H21NO4. The van der Waals surface area contributed by atoms with Crippen molar-refractivity contribution in [1.82, 2.24) is 4.90 Å². The maximum absolute atomic E-state index is 12.7. The van der Waals surface area contributed by atoms with E-state index in [2.05, 4.69) is 6.92 Å². The Morgan fingerprint density at radius 1 is 1.33 bits per heavy atom. The zero-order valence-corrected chi connectivity index (χ0v) is 12.6. The van der Waals surface area contributed by atoms with Crippen molar-refractivity contribution in [2.75, 3.05) is 33.4 Å². The van der Waals surface area contributed by atoms with Gasteiger partial charge in [-0.1, -0.05) is 6.92 Å². The molecule has 2 heterocycles. The number of carbonyl (C=O) groups excluding carboxylic acids is 1. The third-order valence-electron chi connectivity index (χ3n) is 4.02. The molecule has 0 radical (unpaired) electrons. The number of rotatable bonds is 2. The number of likely N-dealkylation sites (tertiary alicyclic amines) is 1. The SMILES string of the molecule is COc1cc(C(=O)N2CCCC(C)C2)cc2c1OCCO2. The Labute approximate surface area is 124 Å². The monoisotopic (exact) mass is 291 g/mol. The molecule has 0 bridgehead atoms. The highest BCUT2D eigenvalue weighted by atomic mass is 16.6. The highest BCUT2D eigenvalue weighted by Crippen LogP contribution is 2.40. The van der Waals surface area contributed by atoms with Crippen LogP contribution >= 0.6 is 0 Å². The predicted octanol–water partition coefficient (Wildman–Crippen LogP) is 2.34. The van der Waals surface area contributed by atoms with Gasteiger partial charge in [-0.25, -0.2) is 0 Å². The lowest BCUT2D eigenvalue weighted by molar-refractivity contribution is 0.0681. The number of hydrogen-bond acceptors (Lipinski definition) is 4. The number of nitrogens with zero attached hydrogens (tertiary/aromatic N) is 1. The maximum atomic E-state index is 12.7. The summed E-state index contributed by atoms with van der Waals surface area (Å²) in [6.45, 7) is 4.81. The molecule has 21 heavy (non-hydrogen) atoms. The molecule has 2 aliphatic rings. The number of carbonyl (C=O) groups is 1. The first-order chi connectivity index (χ1) is 10.2. The Morgan fingerprint density at radius 2 is 2.14 bits per heavy atom. The fourth-order valence-corrected chi connectivity index (χ4v) is 2.95. The van der Waals surface area contributed by atoms with Crippen molar-refractivity contribution in [2.45, 2.75) is 19.8 Å². The molecule has 1 aromatic rings. The minimum atomic E-state index is 0.0387.